The van der Waals surface area contributed by atoms with Gasteiger partial charge in [-0.05, 0) is 38.5 Å². The molecular formula is C18H26FIN4O. The van der Waals surface area contributed by atoms with E-state index in [0.29, 0.717) is 6.54 Å². The van der Waals surface area contributed by atoms with E-state index >= 15 is 0 Å². The predicted molar refractivity (Wildman–Crippen MR) is 109 cm³/mol. The van der Waals surface area contributed by atoms with Crippen LogP contribution >= 0.6 is 24.0 Å². The van der Waals surface area contributed by atoms with Gasteiger partial charge in [0.2, 0.25) is 0 Å². The maximum absolute atomic E-state index is 12.9. The van der Waals surface area contributed by atoms with Gasteiger partial charge < -0.3 is 15.2 Å². The third-order valence-corrected chi connectivity index (χ3v) is 3.83. The topological polar surface area (TPSA) is 62.5 Å². The highest BCUT2D eigenvalue weighted by atomic mass is 127. The van der Waals surface area contributed by atoms with Crippen LogP contribution in [0.1, 0.15) is 42.3 Å². The molecular weight excluding hydrogens is 434 g/mol. The summed E-state index contributed by atoms with van der Waals surface area (Å²) < 4.78 is 18.2. The largest absolute Gasteiger partial charge is 0.361 e. The summed E-state index contributed by atoms with van der Waals surface area (Å²) >= 11 is 0. The first kappa shape index (κ1) is 21.4. The van der Waals surface area contributed by atoms with Crippen LogP contribution in [0.4, 0.5) is 4.39 Å². The second-order valence-corrected chi connectivity index (χ2v) is 5.84. The van der Waals surface area contributed by atoms with Crippen molar-refractivity contribution in [3.8, 4) is 0 Å². The molecule has 2 aromatic rings. The van der Waals surface area contributed by atoms with Crippen LogP contribution in [-0.2, 0) is 6.54 Å². The molecule has 1 aromatic carbocycles. The third-order valence-electron chi connectivity index (χ3n) is 3.83. The molecule has 2 rings (SSSR count). The van der Waals surface area contributed by atoms with Crippen molar-refractivity contribution in [2.45, 2.75) is 40.2 Å². The van der Waals surface area contributed by atoms with Gasteiger partial charge in [-0.1, -0.05) is 24.2 Å². The molecule has 0 spiro atoms. The molecule has 0 saturated carbocycles. The highest BCUT2D eigenvalue weighted by Crippen LogP contribution is 2.22. The molecule has 0 radical (unpaired) electrons. The number of benzene rings is 1. The zero-order valence-electron chi connectivity index (χ0n) is 15.1. The Morgan fingerprint density at radius 2 is 1.92 bits per heavy atom. The molecule has 1 atom stereocenters. The fourth-order valence-corrected chi connectivity index (χ4v) is 2.65. The Hall–Kier alpha value is -1.64. The molecule has 1 aromatic heterocycles. The van der Waals surface area contributed by atoms with Gasteiger partial charge in [-0.15, -0.1) is 24.0 Å². The number of nitrogens with zero attached hydrogens (tertiary/aromatic N) is 2. The summed E-state index contributed by atoms with van der Waals surface area (Å²) in [7, 11) is 0. The lowest BCUT2D eigenvalue weighted by atomic mass is 10.00. The molecule has 0 fully saturated rings. The first-order valence-corrected chi connectivity index (χ1v) is 8.20. The van der Waals surface area contributed by atoms with E-state index in [1.807, 2.05) is 20.8 Å². The molecule has 0 bridgehead atoms. The van der Waals surface area contributed by atoms with Gasteiger partial charge in [0.15, 0.2) is 5.96 Å². The van der Waals surface area contributed by atoms with Crippen LogP contribution in [0.25, 0.3) is 0 Å². The Balaban J connectivity index is 0.00000312. The summed E-state index contributed by atoms with van der Waals surface area (Å²) in [4.78, 5) is 4.54. The second kappa shape index (κ2) is 10.4. The smallest absolute Gasteiger partial charge is 0.191 e. The van der Waals surface area contributed by atoms with Gasteiger partial charge in [0.25, 0.3) is 0 Å². The van der Waals surface area contributed by atoms with Crippen molar-refractivity contribution in [3.05, 3.63) is 52.7 Å². The Morgan fingerprint density at radius 1 is 1.24 bits per heavy atom. The van der Waals surface area contributed by atoms with E-state index in [9.17, 15) is 4.39 Å². The van der Waals surface area contributed by atoms with E-state index in [1.165, 1.54) is 12.1 Å². The number of hydrogen-bond donors (Lipinski definition) is 2. The Kier molecular flexibility index (Phi) is 8.88. The van der Waals surface area contributed by atoms with Crippen LogP contribution in [-0.4, -0.2) is 24.2 Å². The molecule has 0 aliphatic heterocycles. The van der Waals surface area contributed by atoms with E-state index < -0.39 is 0 Å². The summed E-state index contributed by atoms with van der Waals surface area (Å²) in [5.74, 6) is 1.61. The van der Waals surface area contributed by atoms with Crippen LogP contribution in [0, 0.1) is 19.7 Å². The fraction of sp³-hybridized carbons (Fsp3) is 0.444. The molecule has 1 heterocycles. The summed E-state index contributed by atoms with van der Waals surface area (Å²) in [6, 6.07) is 6.39. The van der Waals surface area contributed by atoms with Gasteiger partial charge in [-0.25, -0.2) is 9.38 Å². The van der Waals surface area contributed by atoms with E-state index in [-0.39, 0.29) is 35.7 Å². The lowest BCUT2D eigenvalue weighted by molar-refractivity contribution is 0.391. The van der Waals surface area contributed by atoms with Crippen molar-refractivity contribution < 1.29 is 8.91 Å². The minimum Gasteiger partial charge on any atom is -0.361 e. The van der Waals surface area contributed by atoms with Gasteiger partial charge in [0.1, 0.15) is 11.6 Å². The molecule has 25 heavy (non-hydrogen) atoms. The number of hydrogen-bond acceptors (Lipinski definition) is 3. The number of rotatable bonds is 6. The number of nitrogens with one attached hydrogen (secondary N) is 2. The minimum atomic E-state index is -0.235. The fourth-order valence-electron chi connectivity index (χ4n) is 2.65. The van der Waals surface area contributed by atoms with E-state index in [4.69, 9.17) is 4.52 Å². The zero-order chi connectivity index (χ0) is 17.5. The van der Waals surface area contributed by atoms with Crippen molar-refractivity contribution >= 4 is 29.9 Å². The van der Waals surface area contributed by atoms with Gasteiger partial charge >= 0.3 is 0 Å². The van der Waals surface area contributed by atoms with Crippen molar-refractivity contribution in [3.63, 3.8) is 0 Å². The maximum atomic E-state index is 12.9. The molecule has 0 amide bonds. The minimum absolute atomic E-state index is 0. The normalized spacial score (nSPS) is 12.4. The highest BCUT2D eigenvalue weighted by Gasteiger charge is 2.16. The summed E-state index contributed by atoms with van der Waals surface area (Å²) in [6.45, 7) is 10.0. The zero-order valence-corrected chi connectivity index (χ0v) is 17.4. The predicted octanol–water partition coefficient (Wildman–Crippen LogP) is 3.91. The Bertz CT molecular complexity index is 665. The van der Waals surface area contributed by atoms with Gasteiger partial charge in [-0.2, -0.15) is 0 Å². The van der Waals surface area contributed by atoms with E-state index in [0.717, 1.165) is 41.6 Å². The number of aliphatic imine (C=N–C) groups is 1. The molecule has 7 heteroatoms. The molecule has 1 unspecified atom stereocenters. The second-order valence-electron chi connectivity index (χ2n) is 5.84. The van der Waals surface area contributed by atoms with Crippen LogP contribution in [0.5, 0.6) is 0 Å². The van der Waals surface area contributed by atoms with Gasteiger partial charge in [-0.3, -0.25) is 0 Å². The van der Waals surface area contributed by atoms with E-state index in [1.54, 1.807) is 12.1 Å². The first-order chi connectivity index (χ1) is 11.5. The SMILES string of the molecule is CCNC(=NCc1ccc(F)cc1)NCC(C)c1c(C)noc1C.I. The average Bonchev–Trinajstić information content (AvgIpc) is 2.90. The van der Waals surface area contributed by atoms with Crippen molar-refractivity contribution in [1.29, 1.82) is 0 Å². The number of halogens is 2. The number of guanidine groups is 1. The monoisotopic (exact) mass is 460 g/mol. The summed E-state index contributed by atoms with van der Waals surface area (Å²) in [5.41, 5.74) is 3.03. The lowest BCUT2D eigenvalue weighted by Crippen LogP contribution is -2.39. The standard InChI is InChI=1S/C18H25FN4O.HI/c1-5-20-18(22-11-15-6-8-16(19)9-7-15)21-10-12(2)17-13(3)23-24-14(17)4;/h6-9,12H,5,10-11H2,1-4H3,(H2,20,21,22);1H. The molecule has 5 nitrogen and oxygen atoms in total. The quantitative estimate of drug-likeness (QED) is 0.390. The van der Waals surface area contributed by atoms with Crippen molar-refractivity contribution in [2.24, 2.45) is 4.99 Å². The Morgan fingerprint density at radius 3 is 2.48 bits per heavy atom. The number of aryl methyl sites for hydroxylation is 2. The molecule has 138 valence electrons. The molecule has 0 saturated heterocycles. The molecule has 2 N–H and O–H groups in total. The summed E-state index contributed by atoms with van der Waals surface area (Å²) in [5, 5.41) is 10.6. The van der Waals surface area contributed by atoms with Crippen molar-refractivity contribution in [1.82, 2.24) is 15.8 Å². The maximum Gasteiger partial charge on any atom is 0.191 e. The van der Waals surface area contributed by atoms with Crippen LogP contribution in [0.3, 0.4) is 0 Å². The highest BCUT2D eigenvalue weighted by molar-refractivity contribution is 14.0. The first-order valence-electron chi connectivity index (χ1n) is 8.20. The number of aromatic nitrogens is 1. The third kappa shape index (κ3) is 6.30. The van der Waals surface area contributed by atoms with Crippen LogP contribution in [0.15, 0.2) is 33.8 Å². The average molecular weight is 460 g/mol. The van der Waals surface area contributed by atoms with Crippen molar-refractivity contribution in [2.75, 3.05) is 13.1 Å². The van der Waals surface area contributed by atoms with Gasteiger partial charge in [0.05, 0.1) is 12.2 Å². The van der Waals surface area contributed by atoms with E-state index in [2.05, 4.69) is 27.7 Å². The molecule has 0 aliphatic carbocycles. The lowest BCUT2D eigenvalue weighted by Gasteiger charge is -2.16. The van der Waals surface area contributed by atoms with Crippen LogP contribution < -0.4 is 10.6 Å². The molecule has 0 aliphatic rings. The Labute approximate surface area is 165 Å². The summed E-state index contributed by atoms with van der Waals surface area (Å²) in [6.07, 6.45) is 0. The van der Waals surface area contributed by atoms with Crippen LogP contribution in [0.2, 0.25) is 0 Å². The van der Waals surface area contributed by atoms with Gasteiger partial charge in [0, 0.05) is 24.6 Å².